The molecule has 0 saturated carbocycles. The van der Waals surface area contributed by atoms with Crippen molar-refractivity contribution < 1.29 is 9.53 Å². The molecule has 140 valence electrons. The van der Waals surface area contributed by atoms with Crippen LogP contribution in [0.2, 0.25) is 0 Å². The van der Waals surface area contributed by atoms with Gasteiger partial charge in [0.15, 0.2) is 11.9 Å². The maximum Gasteiger partial charge on any atom is 0.303 e. The van der Waals surface area contributed by atoms with Gasteiger partial charge in [-0.2, -0.15) is 5.26 Å². The number of hydrogen-bond donors (Lipinski definition) is 1. The van der Waals surface area contributed by atoms with E-state index in [0.717, 1.165) is 48.0 Å². The second-order valence-corrected chi connectivity index (χ2v) is 7.02. The molecule has 0 radical (unpaired) electrons. The van der Waals surface area contributed by atoms with E-state index in [0.29, 0.717) is 18.2 Å². The Hall–Kier alpha value is -3.08. The van der Waals surface area contributed by atoms with Crippen LogP contribution in [0.3, 0.4) is 0 Å². The number of fused-ring (bicyclic) bond motifs is 3. The van der Waals surface area contributed by atoms with Crippen molar-refractivity contribution in [1.29, 1.82) is 5.26 Å². The third-order valence-corrected chi connectivity index (χ3v) is 5.16. The number of esters is 1. The summed E-state index contributed by atoms with van der Waals surface area (Å²) in [6, 6.07) is 4.27. The SMILES string of the molecule is CC(=O)OC(C)c1nc2cnc3[nH]ccc3c2n1N1CCC(CC#N)CC1. The number of H-pyrrole nitrogens is 1. The highest BCUT2D eigenvalue weighted by molar-refractivity contribution is 6.01. The van der Waals surface area contributed by atoms with Crippen LogP contribution in [0.1, 0.15) is 45.0 Å². The Balaban J connectivity index is 1.81. The number of hydrogen-bond acceptors (Lipinski definition) is 6. The number of imidazole rings is 1. The van der Waals surface area contributed by atoms with Crippen LogP contribution in [0.25, 0.3) is 22.1 Å². The Morgan fingerprint density at radius 1 is 1.48 bits per heavy atom. The number of carbonyl (C=O) groups excluding carboxylic acids is 1. The predicted molar refractivity (Wildman–Crippen MR) is 100 cm³/mol. The van der Waals surface area contributed by atoms with Gasteiger partial charge in [0, 0.05) is 38.0 Å². The second-order valence-electron chi connectivity index (χ2n) is 7.02. The van der Waals surface area contributed by atoms with Crippen LogP contribution in [0.4, 0.5) is 0 Å². The van der Waals surface area contributed by atoms with E-state index in [-0.39, 0.29) is 5.97 Å². The van der Waals surface area contributed by atoms with Gasteiger partial charge in [0.2, 0.25) is 0 Å². The number of piperidine rings is 1. The number of rotatable bonds is 4. The highest BCUT2D eigenvalue weighted by atomic mass is 16.5. The molecule has 0 spiro atoms. The minimum atomic E-state index is -0.472. The van der Waals surface area contributed by atoms with Crippen molar-refractivity contribution >= 4 is 28.0 Å². The predicted octanol–water partition coefficient (Wildman–Crippen LogP) is 2.80. The maximum absolute atomic E-state index is 11.5. The van der Waals surface area contributed by atoms with E-state index in [4.69, 9.17) is 15.0 Å². The fraction of sp³-hybridized carbons (Fsp3) is 0.474. The van der Waals surface area contributed by atoms with Crippen molar-refractivity contribution in [3.8, 4) is 6.07 Å². The van der Waals surface area contributed by atoms with E-state index in [1.54, 1.807) is 6.20 Å². The minimum absolute atomic E-state index is 0.334. The van der Waals surface area contributed by atoms with Gasteiger partial charge in [-0.3, -0.25) is 4.79 Å². The van der Waals surface area contributed by atoms with E-state index < -0.39 is 6.10 Å². The van der Waals surface area contributed by atoms with Gasteiger partial charge in [0.1, 0.15) is 16.7 Å². The molecule has 0 bridgehead atoms. The molecule has 8 nitrogen and oxygen atoms in total. The first-order chi connectivity index (χ1) is 13.1. The lowest BCUT2D eigenvalue weighted by Crippen LogP contribution is -2.43. The summed E-state index contributed by atoms with van der Waals surface area (Å²) < 4.78 is 7.52. The lowest BCUT2D eigenvalue weighted by molar-refractivity contribution is -0.146. The summed E-state index contributed by atoms with van der Waals surface area (Å²) >= 11 is 0. The Bertz CT molecular complexity index is 1020. The normalized spacial score (nSPS) is 16.6. The second kappa shape index (κ2) is 6.91. The quantitative estimate of drug-likeness (QED) is 0.713. The molecule has 0 amide bonds. The molecule has 3 aromatic heterocycles. The number of aromatic nitrogens is 4. The molecule has 27 heavy (non-hydrogen) atoms. The van der Waals surface area contributed by atoms with Crippen molar-refractivity contribution in [2.24, 2.45) is 5.92 Å². The molecule has 4 heterocycles. The number of aromatic amines is 1. The number of pyridine rings is 1. The zero-order chi connectivity index (χ0) is 19.0. The van der Waals surface area contributed by atoms with Gasteiger partial charge in [-0.05, 0) is 31.7 Å². The van der Waals surface area contributed by atoms with E-state index in [1.165, 1.54) is 6.92 Å². The Labute approximate surface area is 156 Å². The molecule has 0 aliphatic carbocycles. The number of nitrogens with zero attached hydrogens (tertiary/aromatic N) is 5. The molecule has 0 aromatic carbocycles. The third kappa shape index (κ3) is 3.10. The highest BCUT2D eigenvalue weighted by Gasteiger charge is 2.27. The first kappa shape index (κ1) is 17.3. The van der Waals surface area contributed by atoms with Gasteiger partial charge in [0.25, 0.3) is 0 Å². The van der Waals surface area contributed by atoms with Gasteiger partial charge in [-0.15, -0.1) is 0 Å². The molecule has 1 aliphatic heterocycles. The van der Waals surface area contributed by atoms with Gasteiger partial charge < -0.3 is 14.7 Å². The summed E-state index contributed by atoms with van der Waals surface area (Å²) in [5, 5.41) is 12.2. The summed E-state index contributed by atoms with van der Waals surface area (Å²) in [5.74, 6) is 0.789. The summed E-state index contributed by atoms with van der Waals surface area (Å²) in [6.45, 7) is 4.89. The molecule has 1 aliphatic rings. The third-order valence-electron chi connectivity index (χ3n) is 5.16. The number of ether oxygens (including phenoxy) is 1. The van der Waals surface area contributed by atoms with Crippen LogP contribution in [0.5, 0.6) is 0 Å². The van der Waals surface area contributed by atoms with Crippen molar-refractivity contribution in [3.63, 3.8) is 0 Å². The zero-order valence-corrected chi connectivity index (χ0v) is 15.5. The lowest BCUT2D eigenvalue weighted by Gasteiger charge is -2.35. The lowest BCUT2D eigenvalue weighted by atomic mass is 9.95. The standard InChI is InChI=1S/C19H22N6O2/c1-12(27-13(2)26)19-23-16-11-22-18-15(4-8-21-18)17(16)25(19)24-9-5-14(3-7-20)6-10-24/h4,8,11-12,14H,3,5-6,9-10H2,1-2H3,(H,21,22). The summed E-state index contributed by atoms with van der Waals surface area (Å²) in [7, 11) is 0. The van der Waals surface area contributed by atoms with E-state index >= 15 is 0 Å². The fourth-order valence-corrected chi connectivity index (χ4v) is 3.88. The zero-order valence-electron chi connectivity index (χ0n) is 15.5. The molecule has 1 atom stereocenters. The van der Waals surface area contributed by atoms with Crippen LogP contribution in [-0.2, 0) is 9.53 Å². The largest absolute Gasteiger partial charge is 0.455 e. The summed E-state index contributed by atoms with van der Waals surface area (Å²) in [4.78, 5) is 23.8. The van der Waals surface area contributed by atoms with E-state index in [2.05, 4.69) is 25.7 Å². The molecule has 1 saturated heterocycles. The van der Waals surface area contributed by atoms with Crippen LogP contribution in [0.15, 0.2) is 18.5 Å². The Morgan fingerprint density at radius 2 is 2.26 bits per heavy atom. The highest BCUT2D eigenvalue weighted by Crippen LogP contribution is 2.30. The number of nitriles is 1. The average Bonchev–Trinajstić information content (AvgIpc) is 3.26. The maximum atomic E-state index is 11.5. The molecule has 4 rings (SSSR count). The minimum Gasteiger partial charge on any atom is -0.455 e. The van der Waals surface area contributed by atoms with Crippen LogP contribution >= 0.6 is 0 Å². The molecule has 1 N–H and O–H groups in total. The van der Waals surface area contributed by atoms with Gasteiger partial charge in [-0.25, -0.2) is 14.6 Å². The molecular formula is C19H22N6O2. The van der Waals surface area contributed by atoms with E-state index in [1.807, 2.05) is 19.2 Å². The fourth-order valence-electron chi connectivity index (χ4n) is 3.88. The monoisotopic (exact) mass is 366 g/mol. The summed E-state index contributed by atoms with van der Waals surface area (Å²) in [6.07, 6.45) is 5.65. The molecule has 8 heteroatoms. The Morgan fingerprint density at radius 3 is 2.96 bits per heavy atom. The topological polar surface area (TPSA) is 99.8 Å². The van der Waals surface area contributed by atoms with Gasteiger partial charge >= 0.3 is 5.97 Å². The van der Waals surface area contributed by atoms with Crippen molar-refractivity contribution in [3.05, 3.63) is 24.3 Å². The summed E-state index contributed by atoms with van der Waals surface area (Å²) in [5.41, 5.74) is 2.54. The number of nitrogens with one attached hydrogen (secondary N) is 1. The molecular weight excluding hydrogens is 344 g/mol. The molecule has 1 unspecified atom stereocenters. The first-order valence-electron chi connectivity index (χ1n) is 9.22. The van der Waals surface area contributed by atoms with Crippen LogP contribution in [0, 0.1) is 17.2 Å². The molecule has 3 aromatic rings. The Kier molecular flexibility index (Phi) is 4.44. The van der Waals surface area contributed by atoms with Crippen LogP contribution < -0.4 is 5.01 Å². The smallest absolute Gasteiger partial charge is 0.303 e. The average molecular weight is 366 g/mol. The van der Waals surface area contributed by atoms with Crippen molar-refractivity contribution in [2.45, 2.75) is 39.2 Å². The van der Waals surface area contributed by atoms with Crippen LogP contribution in [-0.4, -0.2) is 38.7 Å². The first-order valence-corrected chi connectivity index (χ1v) is 9.22. The number of carbonyl (C=O) groups is 1. The van der Waals surface area contributed by atoms with E-state index in [9.17, 15) is 4.79 Å². The van der Waals surface area contributed by atoms with Gasteiger partial charge in [0.05, 0.1) is 12.3 Å². The van der Waals surface area contributed by atoms with Crippen molar-refractivity contribution in [2.75, 3.05) is 18.1 Å². The van der Waals surface area contributed by atoms with Crippen molar-refractivity contribution in [1.82, 2.24) is 19.6 Å². The van der Waals surface area contributed by atoms with Gasteiger partial charge in [-0.1, -0.05) is 0 Å². The molecule has 1 fully saturated rings.